The first-order chi connectivity index (χ1) is 6.09. The summed E-state index contributed by atoms with van der Waals surface area (Å²) in [4.78, 5) is 13.7. The molecular weight excluding hydrogens is 192 g/mol. The first-order valence-electron chi connectivity index (χ1n) is 3.83. The van der Waals surface area contributed by atoms with E-state index in [-0.39, 0.29) is 11.5 Å². The average molecular weight is 201 g/mol. The van der Waals surface area contributed by atoms with Gasteiger partial charge in [0.2, 0.25) is 6.54 Å². The van der Waals surface area contributed by atoms with Crippen molar-refractivity contribution in [2.24, 2.45) is 0 Å². The Hall–Kier alpha value is -1.16. The monoisotopic (exact) mass is 200 g/mol. The van der Waals surface area contributed by atoms with E-state index in [1.807, 2.05) is 6.92 Å². The molecule has 5 heteroatoms. The lowest BCUT2D eigenvalue weighted by Crippen LogP contribution is -2.05. The lowest BCUT2D eigenvalue weighted by molar-refractivity contribution is -0.479. The van der Waals surface area contributed by atoms with Crippen LogP contribution >= 0.6 is 11.6 Å². The molecule has 0 atom stereocenters. The fourth-order valence-corrected chi connectivity index (χ4v) is 1.24. The molecule has 0 N–H and O–H groups in total. The molecule has 0 saturated heterocycles. The average Bonchev–Trinajstić information content (AvgIpc) is 2.02. The van der Waals surface area contributed by atoms with E-state index in [0.717, 1.165) is 11.3 Å². The van der Waals surface area contributed by atoms with Gasteiger partial charge in [0.15, 0.2) is 0 Å². The molecule has 0 bridgehead atoms. The van der Waals surface area contributed by atoms with E-state index in [2.05, 4.69) is 4.98 Å². The Morgan fingerprint density at radius 1 is 1.62 bits per heavy atom. The number of nitro groups is 1. The van der Waals surface area contributed by atoms with Gasteiger partial charge in [-0.05, 0) is 18.6 Å². The Morgan fingerprint density at radius 2 is 2.31 bits per heavy atom. The third-order valence-corrected chi connectivity index (χ3v) is 1.96. The van der Waals surface area contributed by atoms with Gasteiger partial charge in [-0.1, -0.05) is 17.7 Å². The fraction of sp³-hybridized carbons (Fsp3) is 0.375. The van der Waals surface area contributed by atoms with Crippen molar-refractivity contribution in [1.82, 2.24) is 4.98 Å². The van der Waals surface area contributed by atoms with Crippen LogP contribution in [0.25, 0.3) is 0 Å². The van der Waals surface area contributed by atoms with Crippen molar-refractivity contribution >= 4 is 11.6 Å². The summed E-state index contributed by atoms with van der Waals surface area (Å²) >= 11 is 5.78. The molecule has 0 unspecified atom stereocenters. The normalized spacial score (nSPS) is 10.0. The second kappa shape index (κ2) is 4.18. The molecule has 0 fully saturated rings. The molecule has 70 valence electrons. The minimum Gasteiger partial charge on any atom is -0.265 e. The van der Waals surface area contributed by atoms with Crippen LogP contribution in [0.1, 0.15) is 11.3 Å². The first-order valence-corrected chi connectivity index (χ1v) is 4.21. The lowest BCUT2D eigenvalue weighted by atomic mass is 10.2. The topological polar surface area (TPSA) is 56.0 Å². The van der Waals surface area contributed by atoms with Gasteiger partial charge in [-0.3, -0.25) is 10.1 Å². The second-order valence-corrected chi connectivity index (χ2v) is 3.07. The van der Waals surface area contributed by atoms with Gasteiger partial charge in [0.25, 0.3) is 0 Å². The van der Waals surface area contributed by atoms with Gasteiger partial charge in [0.05, 0.1) is 0 Å². The summed E-state index contributed by atoms with van der Waals surface area (Å²) in [5.41, 5.74) is 1.54. The molecule has 0 aliphatic heterocycles. The Kier molecular flexibility index (Phi) is 3.19. The molecule has 0 amide bonds. The molecule has 0 spiro atoms. The zero-order chi connectivity index (χ0) is 9.84. The molecule has 1 aromatic rings. The van der Waals surface area contributed by atoms with Crippen molar-refractivity contribution in [3.63, 3.8) is 0 Å². The van der Waals surface area contributed by atoms with E-state index in [0.29, 0.717) is 11.6 Å². The molecular formula is C8H9ClN2O2. The summed E-state index contributed by atoms with van der Waals surface area (Å²) < 4.78 is 0. The highest BCUT2D eigenvalue weighted by Crippen LogP contribution is 2.13. The van der Waals surface area contributed by atoms with Gasteiger partial charge < -0.3 is 0 Å². The van der Waals surface area contributed by atoms with Gasteiger partial charge in [0, 0.05) is 17.0 Å². The predicted molar refractivity (Wildman–Crippen MR) is 49.5 cm³/mol. The maximum Gasteiger partial charge on any atom is 0.208 e. The molecule has 0 aliphatic carbocycles. The number of aromatic nitrogens is 1. The van der Waals surface area contributed by atoms with Crippen LogP contribution in [0.3, 0.4) is 0 Å². The van der Waals surface area contributed by atoms with Gasteiger partial charge in [-0.25, -0.2) is 4.98 Å². The number of halogens is 1. The quantitative estimate of drug-likeness (QED) is 0.425. The summed E-state index contributed by atoms with van der Waals surface area (Å²) in [6.45, 7) is 1.72. The third kappa shape index (κ3) is 2.99. The molecule has 1 aromatic heterocycles. The number of rotatable bonds is 3. The molecule has 1 rings (SSSR count). The number of hydrogen-bond donors (Lipinski definition) is 0. The summed E-state index contributed by atoms with van der Waals surface area (Å²) in [6.07, 6.45) is 0.332. The number of nitrogens with zero attached hydrogens (tertiary/aromatic N) is 2. The SMILES string of the molecule is Cc1ccc(CC[N+](=O)[O-])c(Cl)n1. The maximum absolute atomic E-state index is 10.1. The van der Waals surface area contributed by atoms with E-state index < -0.39 is 0 Å². The smallest absolute Gasteiger partial charge is 0.208 e. The van der Waals surface area contributed by atoms with Crippen molar-refractivity contribution in [1.29, 1.82) is 0 Å². The van der Waals surface area contributed by atoms with E-state index in [9.17, 15) is 10.1 Å². The summed E-state index contributed by atoms with van der Waals surface area (Å²) in [5.74, 6) is 0. The Bertz CT molecular complexity index is 328. The molecule has 1 heterocycles. The van der Waals surface area contributed by atoms with Gasteiger partial charge in [0.1, 0.15) is 5.15 Å². The highest BCUT2D eigenvalue weighted by molar-refractivity contribution is 6.30. The largest absolute Gasteiger partial charge is 0.265 e. The molecule has 0 aliphatic rings. The van der Waals surface area contributed by atoms with Crippen molar-refractivity contribution in [3.8, 4) is 0 Å². The van der Waals surface area contributed by atoms with Crippen LogP contribution in [0.2, 0.25) is 5.15 Å². The molecule has 4 nitrogen and oxygen atoms in total. The number of hydrogen-bond acceptors (Lipinski definition) is 3. The highest BCUT2D eigenvalue weighted by atomic mass is 35.5. The Labute approximate surface area is 80.7 Å². The van der Waals surface area contributed by atoms with Crippen LogP contribution in [0, 0.1) is 17.0 Å². The van der Waals surface area contributed by atoms with Crippen LogP contribution in [0.5, 0.6) is 0 Å². The van der Waals surface area contributed by atoms with Gasteiger partial charge >= 0.3 is 0 Å². The van der Waals surface area contributed by atoms with E-state index >= 15 is 0 Å². The van der Waals surface area contributed by atoms with Crippen LogP contribution in [-0.4, -0.2) is 16.5 Å². The maximum atomic E-state index is 10.1. The summed E-state index contributed by atoms with van der Waals surface area (Å²) in [7, 11) is 0. The third-order valence-electron chi connectivity index (χ3n) is 1.63. The minimum absolute atomic E-state index is 0.107. The molecule has 0 radical (unpaired) electrons. The molecule has 0 aromatic carbocycles. The first kappa shape index (κ1) is 9.92. The van der Waals surface area contributed by atoms with E-state index in [1.165, 1.54) is 0 Å². The van der Waals surface area contributed by atoms with Crippen molar-refractivity contribution in [3.05, 3.63) is 38.7 Å². The fourth-order valence-electron chi connectivity index (χ4n) is 0.952. The van der Waals surface area contributed by atoms with Gasteiger partial charge in [-0.15, -0.1) is 0 Å². The van der Waals surface area contributed by atoms with E-state index in [1.54, 1.807) is 12.1 Å². The zero-order valence-electron chi connectivity index (χ0n) is 7.16. The second-order valence-electron chi connectivity index (χ2n) is 2.71. The summed E-state index contributed by atoms with van der Waals surface area (Å²) in [6, 6.07) is 3.56. The van der Waals surface area contributed by atoms with E-state index in [4.69, 9.17) is 11.6 Å². The van der Waals surface area contributed by atoms with Crippen LogP contribution < -0.4 is 0 Å². The zero-order valence-corrected chi connectivity index (χ0v) is 7.91. The van der Waals surface area contributed by atoms with Crippen molar-refractivity contribution < 1.29 is 4.92 Å². The van der Waals surface area contributed by atoms with Crippen molar-refractivity contribution in [2.75, 3.05) is 6.54 Å². The minimum atomic E-state index is -0.365. The van der Waals surface area contributed by atoms with Crippen LogP contribution in [0.15, 0.2) is 12.1 Å². The summed E-state index contributed by atoms with van der Waals surface area (Å²) in [5, 5.41) is 10.5. The molecule has 13 heavy (non-hydrogen) atoms. The standard InChI is InChI=1S/C8H9ClN2O2/c1-6-2-3-7(8(9)10-6)4-5-11(12)13/h2-3H,4-5H2,1H3. The molecule has 0 saturated carbocycles. The lowest BCUT2D eigenvalue weighted by Gasteiger charge is -2.00. The predicted octanol–water partition coefficient (Wildman–Crippen LogP) is 1.86. The van der Waals surface area contributed by atoms with Crippen molar-refractivity contribution in [2.45, 2.75) is 13.3 Å². The highest BCUT2D eigenvalue weighted by Gasteiger charge is 2.05. The number of aryl methyl sites for hydroxylation is 1. The number of pyridine rings is 1. The Balaban J connectivity index is 2.72. The Morgan fingerprint density at radius 3 is 2.85 bits per heavy atom. The van der Waals surface area contributed by atoms with Crippen LogP contribution in [-0.2, 0) is 6.42 Å². The van der Waals surface area contributed by atoms with Gasteiger partial charge in [-0.2, -0.15) is 0 Å². The van der Waals surface area contributed by atoms with Crippen LogP contribution in [0.4, 0.5) is 0 Å².